The van der Waals surface area contributed by atoms with Gasteiger partial charge in [0.1, 0.15) is 5.58 Å². The number of fused-ring (bicyclic) bond motifs is 1. The normalized spacial score (nSPS) is 10.4. The predicted molar refractivity (Wildman–Crippen MR) is 53.0 cm³/mol. The number of aldehydes is 1. The van der Waals surface area contributed by atoms with E-state index in [4.69, 9.17) is 15.3 Å². The molecule has 0 aliphatic rings. The smallest absolute Gasteiger partial charge is 0.335 e. The number of carboxylic acids is 1. The van der Waals surface area contributed by atoms with Gasteiger partial charge in [-0.15, -0.1) is 0 Å². The Bertz CT molecular complexity index is 556. The Labute approximate surface area is 84.1 Å². The Kier molecular flexibility index (Phi) is 1.93. The van der Waals surface area contributed by atoms with Crippen molar-refractivity contribution in [3.05, 3.63) is 29.5 Å². The highest BCUT2D eigenvalue weighted by atomic mass is 16.4. The summed E-state index contributed by atoms with van der Waals surface area (Å²) in [4.78, 5) is 21.2. The number of anilines is 1. The summed E-state index contributed by atoms with van der Waals surface area (Å²) in [6.07, 6.45) is 0.496. The highest BCUT2D eigenvalue weighted by Gasteiger charge is 2.12. The minimum Gasteiger partial charge on any atom is -0.478 e. The van der Waals surface area contributed by atoms with E-state index < -0.39 is 5.97 Å². The molecule has 15 heavy (non-hydrogen) atoms. The van der Waals surface area contributed by atoms with E-state index in [1.54, 1.807) is 0 Å². The van der Waals surface area contributed by atoms with Crippen molar-refractivity contribution in [1.82, 2.24) is 0 Å². The minimum absolute atomic E-state index is 0.0209. The Balaban J connectivity index is 2.75. The summed E-state index contributed by atoms with van der Waals surface area (Å²) in [6.45, 7) is 0. The van der Waals surface area contributed by atoms with Crippen molar-refractivity contribution in [3.63, 3.8) is 0 Å². The largest absolute Gasteiger partial charge is 0.478 e. The standard InChI is InChI=1S/C10H7NO4/c11-9-6-3-5(10(13)14)1-2-7(6)15-8(9)4-12/h1-4H,11H2,(H,13,14). The highest BCUT2D eigenvalue weighted by molar-refractivity contribution is 6.01. The second kappa shape index (κ2) is 3.13. The summed E-state index contributed by atoms with van der Waals surface area (Å²) >= 11 is 0. The van der Waals surface area contributed by atoms with Crippen molar-refractivity contribution in [3.8, 4) is 0 Å². The van der Waals surface area contributed by atoms with Crippen LogP contribution < -0.4 is 5.73 Å². The maximum absolute atomic E-state index is 10.7. The number of benzene rings is 1. The minimum atomic E-state index is -1.05. The molecule has 0 spiro atoms. The van der Waals surface area contributed by atoms with Crippen LogP contribution in [0.2, 0.25) is 0 Å². The molecule has 1 heterocycles. The van der Waals surface area contributed by atoms with E-state index in [-0.39, 0.29) is 17.0 Å². The van der Waals surface area contributed by atoms with E-state index >= 15 is 0 Å². The van der Waals surface area contributed by atoms with Crippen LogP contribution in [0.25, 0.3) is 11.0 Å². The van der Waals surface area contributed by atoms with Crippen molar-refractivity contribution >= 4 is 28.9 Å². The van der Waals surface area contributed by atoms with Crippen molar-refractivity contribution in [1.29, 1.82) is 0 Å². The summed E-state index contributed by atoms with van der Waals surface area (Å²) in [5.74, 6) is -1.03. The van der Waals surface area contributed by atoms with Crippen molar-refractivity contribution < 1.29 is 19.1 Å². The predicted octanol–water partition coefficient (Wildman–Crippen LogP) is 1.53. The lowest BCUT2D eigenvalue weighted by molar-refractivity contribution is 0.0697. The van der Waals surface area contributed by atoms with Gasteiger partial charge in [-0.25, -0.2) is 4.79 Å². The molecule has 5 heteroatoms. The molecule has 0 aliphatic carbocycles. The monoisotopic (exact) mass is 205 g/mol. The van der Waals surface area contributed by atoms with E-state index in [1.807, 2.05) is 0 Å². The summed E-state index contributed by atoms with van der Waals surface area (Å²) in [5.41, 5.74) is 6.28. The fraction of sp³-hybridized carbons (Fsp3) is 0. The first-order valence-corrected chi connectivity index (χ1v) is 4.14. The van der Waals surface area contributed by atoms with E-state index in [1.165, 1.54) is 18.2 Å². The topological polar surface area (TPSA) is 93.5 Å². The van der Waals surface area contributed by atoms with Gasteiger partial charge in [0.05, 0.1) is 11.3 Å². The van der Waals surface area contributed by atoms with Crippen LogP contribution in [0.3, 0.4) is 0 Å². The maximum Gasteiger partial charge on any atom is 0.335 e. The van der Waals surface area contributed by atoms with Crippen molar-refractivity contribution in [2.24, 2.45) is 0 Å². The number of hydrogen-bond acceptors (Lipinski definition) is 4. The highest BCUT2D eigenvalue weighted by Crippen LogP contribution is 2.27. The van der Waals surface area contributed by atoms with Gasteiger partial charge < -0.3 is 15.3 Å². The molecular weight excluding hydrogens is 198 g/mol. The molecule has 1 aromatic heterocycles. The fourth-order valence-corrected chi connectivity index (χ4v) is 1.36. The molecule has 0 saturated heterocycles. The number of hydrogen-bond donors (Lipinski definition) is 2. The zero-order valence-corrected chi connectivity index (χ0v) is 7.56. The zero-order chi connectivity index (χ0) is 11.0. The Morgan fingerprint density at radius 1 is 1.47 bits per heavy atom. The number of aromatic carboxylic acids is 1. The second-order valence-electron chi connectivity index (χ2n) is 3.01. The molecule has 2 aromatic rings. The molecule has 5 nitrogen and oxygen atoms in total. The summed E-state index contributed by atoms with van der Waals surface area (Å²) < 4.78 is 5.10. The molecular formula is C10H7NO4. The second-order valence-corrected chi connectivity index (χ2v) is 3.01. The average molecular weight is 205 g/mol. The van der Waals surface area contributed by atoms with Crippen molar-refractivity contribution in [2.75, 3.05) is 5.73 Å². The van der Waals surface area contributed by atoms with Gasteiger partial charge in [0, 0.05) is 5.39 Å². The van der Waals surface area contributed by atoms with Crippen LogP contribution in [0.4, 0.5) is 5.69 Å². The summed E-state index contributed by atoms with van der Waals surface area (Å²) in [7, 11) is 0. The zero-order valence-electron chi connectivity index (χ0n) is 7.56. The van der Waals surface area contributed by atoms with Crippen LogP contribution in [0, 0.1) is 0 Å². The van der Waals surface area contributed by atoms with Crippen LogP contribution in [0.15, 0.2) is 22.6 Å². The van der Waals surface area contributed by atoms with Crippen LogP contribution in [-0.2, 0) is 0 Å². The molecule has 76 valence electrons. The molecule has 0 amide bonds. The Hall–Kier alpha value is -2.30. The van der Waals surface area contributed by atoms with E-state index in [0.717, 1.165) is 0 Å². The van der Waals surface area contributed by atoms with Gasteiger partial charge in [-0.05, 0) is 18.2 Å². The van der Waals surface area contributed by atoms with E-state index in [2.05, 4.69) is 0 Å². The van der Waals surface area contributed by atoms with Crippen LogP contribution in [0.1, 0.15) is 20.9 Å². The lowest BCUT2D eigenvalue weighted by Crippen LogP contribution is -1.95. The van der Waals surface area contributed by atoms with E-state index in [0.29, 0.717) is 17.3 Å². The van der Waals surface area contributed by atoms with Gasteiger partial charge in [0.15, 0.2) is 12.0 Å². The number of rotatable bonds is 2. The first kappa shape index (κ1) is 9.26. The first-order valence-electron chi connectivity index (χ1n) is 4.14. The first-order chi connectivity index (χ1) is 7.13. The quantitative estimate of drug-likeness (QED) is 0.725. The molecule has 3 N–H and O–H groups in total. The third kappa shape index (κ3) is 1.34. The summed E-state index contributed by atoms with van der Waals surface area (Å²) in [5, 5.41) is 9.20. The third-order valence-corrected chi connectivity index (χ3v) is 2.11. The average Bonchev–Trinajstić information content (AvgIpc) is 2.55. The molecule has 0 atom stereocenters. The molecule has 0 saturated carbocycles. The maximum atomic E-state index is 10.7. The van der Waals surface area contributed by atoms with Crippen LogP contribution in [-0.4, -0.2) is 17.4 Å². The number of carbonyl (C=O) groups is 2. The fourth-order valence-electron chi connectivity index (χ4n) is 1.36. The molecule has 0 fully saturated rings. The number of furan rings is 1. The number of carbonyl (C=O) groups excluding carboxylic acids is 1. The molecule has 0 radical (unpaired) electrons. The molecule has 0 bridgehead atoms. The number of nitrogen functional groups attached to an aromatic ring is 1. The molecule has 1 aromatic carbocycles. The Morgan fingerprint density at radius 2 is 2.20 bits per heavy atom. The van der Waals surface area contributed by atoms with Gasteiger partial charge >= 0.3 is 5.97 Å². The van der Waals surface area contributed by atoms with Gasteiger partial charge in [0.25, 0.3) is 0 Å². The van der Waals surface area contributed by atoms with Crippen LogP contribution >= 0.6 is 0 Å². The lowest BCUT2D eigenvalue weighted by atomic mass is 10.1. The number of carboxylic acid groups (broad SMARTS) is 1. The molecule has 2 rings (SSSR count). The van der Waals surface area contributed by atoms with Gasteiger partial charge in [-0.2, -0.15) is 0 Å². The van der Waals surface area contributed by atoms with Gasteiger partial charge in [0.2, 0.25) is 0 Å². The van der Waals surface area contributed by atoms with Crippen LogP contribution in [0.5, 0.6) is 0 Å². The van der Waals surface area contributed by atoms with E-state index in [9.17, 15) is 9.59 Å². The number of nitrogens with two attached hydrogens (primary N) is 1. The van der Waals surface area contributed by atoms with Gasteiger partial charge in [-0.3, -0.25) is 4.79 Å². The molecule has 0 aliphatic heterocycles. The Morgan fingerprint density at radius 3 is 2.80 bits per heavy atom. The third-order valence-electron chi connectivity index (χ3n) is 2.11. The van der Waals surface area contributed by atoms with Gasteiger partial charge in [-0.1, -0.05) is 0 Å². The molecule has 0 unspecified atom stereocenters. The van der Waals surface area contributed by atoms with Crippen molar-refractivity contribution in [2.45, 2.75) is 0 Å². The summed E-state index contributed by atoms with van der Waals surface area (Å²) in [6, 6.07) is 4.24. The SMILES string of the molecule is Nc1c(C=O)oc2ccc(C(=O)O)cc12. The lowest BCUT2D eigenvalue weighted by Gasteiger charge is -1.93.